The lowest BCUT2D eigenvalue weighted by molar-refractivity contribution is -0.137. The highest BCUT2D eigenvalue weighted by Crippen LogP contribution is 2.01. The quantitative estimate of drug-likeness (QED) is 0.507. The lowest BCUT2D eigenvalue weighted by Crippen LogP contribution is -2.43. The first-order chi connectivity index (χ1) is 9.45. The van der Waals surface area contributed by atoms with Crippen LogP contribution in [0.15, 0.2) is 0 Å². The van der Waals surface area contributed by atoms with Gasteiger partial charge in [-0.05, 0) is 18.8 Å². The third-order valence-electron chi connectivity index (χ3n) is 2.60. The van der Waals surface area contributed by atoms with Gasteiger partial charge in [0, 0.05) is 25.8 Å². The molecule has 0 spiro atoms. The minimum absolute atomic E-state index is 0.0429. The summed E-state index contributed by atoms with van der Waals surface area (Å²) >= 11 is 0. The Labute approximate surface area is 121 Å². The molecular weight excluding hydrogens is 260 g/mol. The van der Waals surface area contributed by atoms with Crippen LogP contribution in [0.4, 0.5) is 4.79 Å². The smallest absolute Gasteiger partial charge is 0.315 e. The number of hydrogen-bond acceptors (Lipinski definition) is 3. The molecule has 0 aliphatic carbocycles. The van der Waals surface area contributed by atoms with Crippen molar-refractivity contribution in [3.05, 3.63) is 0 Å². The minimum Gasteiger partial charge on any atom is -0.481 e. The molecule has 0 saturated heterocycles. The molecule has 0 fully saturated rings. The predicted molar refractivity (Wildman–Crippen MR) is 77.8 cm³/mol. The average molecular weight is 288 g/mol. The van der Waals surface area contributed by atoms with E-state index >= 15 is 0 Å². The fourth-order valence-electron chi connectivity index (χ4n) is 1.72. The van der Waals surface area contributed by atoms with Gasteiger partial charge in [0.25, 0.3) is 0 Å². The van der Waals surface area contributed by atoms with Gasteiger partial charge in [0.15, 0.2) is 0 Å². The maximum Gasteiger partial charge on any atom is 0.315 e. The Morgan fingerprint density at radius 3 is 2.55 bits per heavy atom. The van der Waals surface area contributed by atoms with Crippen molar-refractivity contribution in [2.24, 2.45) is 5.92 Å². The molecule has 0 aliphatic rings. The number of urea groups is 1. The van der Waals surface area contributed by atoms with Gasteiger partial charge in [0.05, 0.1) is 6.42 Å². The van der Waals surface area contributed by atoms with Crippen LogP contribution in [0.2, 0.25) is 0 Å². The summed E-state index contributed by atoms with van der Waals surface area (Å²) in [5, 5.41) is 14.1. The maximum atomic E-state index is 11.6. The molecule has 6 heteroatoms. The van der Waals surface area contributed by atoms with Gasteiger partial charge in [-0.3, -0.25) is 4.79 Å². The molecular formula is C14H28N2O4. The Bertz CT molecular complexity index is 282. The van der Waals surface area contributed by atoms with E-state index in [0.29, 0.717) is 25.5 Å². The van der Waals surface area contributed by atoms with Crippen molar-refractivity contribution in [2.75, 3.05) is 19.8 Å². The molecule has 6 nitrogen and oxygen atoms in total. The normalized spacial score (nSPS) is 12.2. The number of hydrogen-bond donors (Lipinski definition) is 3. The van der Waals surface area contributed by atoms with Crippen molar-refractivity contribution < 1.29 is 19.4 Å². The van der Waals surface area contributed by atoms with Crippen molar-refractivity contribution in [1.29, 1.82) is 0 Å². The summed E-state index contributed by atoms with van der Waals surface area (Å²) in [4.78, 5) is 22.3. The number of aliphatic carboxylic acids is 1. The highest BCUT2D eigenvalue weighted by atomic mass is 16.5. The monoisotopic (exact) mass is 288 g/mol. The summed E-state index contributed by atoms with van der Waals surface area (Å²) in [6.45, 7) is 8.00. The van der Waals surface area contributed by atoms with Crippen LogP contribution in [0.3, 0.4) is 0 Å². The first-order valence-electron chi connectivity index (χ1n) is 7.29. The highest BCUT2D eigenvalue weighted by Gasteiger charge is 2.14. The summed E-state index contributed by atoms with van der Waals surface area (Å²) < 4.78 is 5.40. The van der Waals surface area contributed by atoms with Gasteiger partial charge >= 0.3 is 12.0 Å². The van der Waals surface area contributed by atoms with Gasteiger partial charge in [-0.1, -0.05) is 27.2 Å². The Hall–Kier alpha value is -1.30. The van der Waals surface area contributed by atoms with Crippen molar-refractivity contribution in [3.8, 4) is 0 Å². The van der Waals surface area contributed by atoms with Crippen molar-refractivity contribution in [2.45, 2.75) is 52.5 Å². The lowest BCUT2D eigenvalue weighted by atomic mass is 10.1. The number of carboxylic acids is 1. The molecule has 0 aromatic rings. The zero-order valence-corrected chi connectivity index (χ0v) is 12.8. The fourth-order valence-corrected chi connectivity index (χ4v) is 1.72. The van der Waals surface area contributed by atoms with E-state index in [1.165, 1.54) is 0 Å². The second-order valence-corrected chi connectivity index (χ2v) is 5.31. The van der Waals surface area contributed by atoms with Crippen molar-refractivity contribution >= 4 is 12.0 Å². The van der Waals surface area contributed by atoms with E-state index in [4.69, 9.17) is 9.84 Å². The van der Waals surface area contributed by atoms with Gasteiger partial charge < -0.3 is 20.5 Å². The van der Waals surface area contributed by atoms with Gasteiger partial charge in [-0.25, -0.2) is 4.79 Å². The molecule has 20 heavy (non-hydrogen) atoms. The molecule has 3 N–H and O–H groups in total. The van der Waals surface area contributed by atoms with Crippen LogP contribution >= 0.6 is 0 Å². The third-order valence-corrected chi connectivity index (χ3v) is 2.60. The van der Waals surface area contributed by atoms with Crippen LogP contribution in [0, 0.1) is 5.92 Å². The van der Waals surface area contributed by atoms with Crippen LogP contribution in [-0.2, 0) is 9.53 Å². The Morgan fingerprint density at radius 2 is 2.00 bits per heavy atom. The van der Waals surface area contributed by atoms with Crippen LogP contribution in [0.25, 0.3) is 0 Å². The predicted octanol–water partition coefficient (Wildman–Crippen LogP) is 1.99. The summed E-state index contributed by atoms with van der Waals surface area (Å²) in [6, 6.07) is -0.622. The molecule has 118 valence electrons. The lowest BCUT2D eigenvalue weighted by Gasteiger charge is -2.16. The molecule has 0 radical (unpaired) electrons. The zero-order chi connectivity index (χ0) is 15.4. The van der Waals surface area contributed by atoms with Crippen LogP contribution in [-0.4, -0.2) is 42.9 Å². The largest absolute Gasteiger partial charge is 0.481 e. The van der Waals surface area contributed by atoms with Crippen LogP contribution in [0.1, 0.15) is 46.5 Å². The number of carbonyl (C=O) groups is 2. The molecule has 2 amide bonds. The Morgan fingerprint density at radius 1 is 1.30 bits per heavy atom. The molecule has 0 aliphatic heterocycles. The van der Waals surface area contributed by atoms with Crippen LogP contribution in [0.5, 0.6) is 0 Å². The third kappa shape index (κ3) is 11.8. The Balaban J connectivity index is 3.71. The van der Waals surface area contributed by atoms with E-state index in [9.17, 15) is 9.59 Å². The molecule has 0 heterocycles. The topological polar surface area (TPSA) is 87.7 Å². The SMILES string of the molecule is CCCC(CC(=O)O)NC(=O)NCCCOCC(C)C. The number of rotatable bonds is 11. The van der Waals surface area contributed by atoms with Gasteiger partial charge in [-0.2, -0.15) is 0 Å². The van der Waals surface area contributed by atoms with Crippen molar-refractivity contribution in [1.82, 2.24) is 10.6 Å². The molecule has 0 saturated carbocycles. The number of amides is 2. The zero-order valence-electron chi connectivity index (χ0n) is 12.8. The number of carbonyl (C=O) groups excluding carboxylic acids is 1. The van der Waals surface area contributed by atoms with E-state index in [1.54, 1.807) is 0 Å². The molecule has 0 rings (SSSR count). The number of ether oxygens (including phenoxy) is 1. The first kappa shape index (κ1) is 18.7. The Kier molecular flexibility index (Phi) is 10.8. The van der Waals surface area contributed by atoms with Crippen molar-refractivity contribution in [3.63, 3.8) is 0 Å². The highest BCUT2D eigenvalue weighted by molar-refractivity contribution is 5.75. The van der Waals surface area contributed by atoms with E-state index in [0.717, 1.165) is 19.4 Å². The van der Waals surface area contributed by atoms with Gasteiger partial charge in [0.1, 0.15) is 0 Å². The standard InChI is InChI=1S/C14H28N2O4/c1-4-6-12(9-13(17)18)16-14(19)15-7-5-8-20-10-11(2)3/h11-12H,4-10H2,1-3H3,(H,17,18)(H2,15,16,19). The fraction of sp³-hybridized carbons (Fsp3) is 0.857. The maximum absolute atomic E-state index is 11.6. The number of carboxylic acid groups (broad SMARTS) is 1. The molecule has 1 unspecified atom stereocenters. The van der Waals surface area contributed by atoms with E-state index in [2.05, 4.69) is 24.5 Å². The van der Waals surface area contributed by atoms with E-state index < -0.39 is 5.97 Å². The molecule has 0 aromatic carbocycles. The van der Waals surface area contributed by atoms with E-state index in [1.807, 2.05) is 6.92 Å². The summed E-state index contributed by atoms with van der Waals surface area (Å²) in [5.74, 6) is -0.386. The second kappa shape index (κ2) is 11.5. The van der Waals surface area contributed by atoms with E-state index in [-0.39, 0.29) is 18.5 Å². The summed E-state index contributed by atoms with van der Waals surface area (Å²) in [5.41, 5.74) is 0. The molecule has 0 aromatic heterocycles. The molecule has 1 atom stereocenters. The minimum atomic E-state index is -0.897. The summed E-state index contributed by atoms with van der Waals surface area (Å²) in [6.07, 6.45) is 2.20. The first-order valence-corrected chi connectivity index (χ1v) is 7.29. The van der Waals surface area contributed by atoms with Gasteiger partial charge in [0.2, 0.25) is 0 Å². The van der Waals surface area contributed by atoms with Crippen LogP contribution < -0.4 is 10.6 Å². The average Bonchev–Trinajstić information content (AvgIpc) is 2.32. The molecule has 0 bridgehead atoms. The van der Waals surface area contributed by atoms with Gasteiger partial charge in [-0.15, -0.1) is 0 Å². The number of nitrogens with one attached hydrogen (secondary N) is 2. The second-order valence-electron chi connectivity index (χ2n) is 5.31. The summed E-state index contributed by atoms with van der Waals surface area (Å²) in [7, 11) is 0.